The van der Waals surface area contributed by atoms with Gasteiger partial charge in [0.05, 0.1) is 23.4 Å². The van der Waals surface area contributed by atoms with Crippen LogP contribution < -0.4 is 15.0 Å². The number of carbonyl (C=O) groups is 1. The van der Waals surface area contributed by atoms with Crippen molar-refractivity contribution in [1.82, 2.24) is 19.4 Å². The van der Waals surface area contributed by atoms with E-state index < -0.39 is 5.60 Å². The summed E-state index contributed by atoms with van der Waals surface area (Å²) < 4.78 is 13.6. The Morgan fingerprint density at radius 3 is 2.38 bits per heavy atom. The first-order valence-corrected chi connectivity index (χ1v) is 13.6. The second kappa shape index (κ2) is 10.6. The molecular weight excluding hydrogens is 555 g/mol. The average Bonchev–Trinajstić information content (AvgIpc) is 3.30. The van der Waals surface area contributed by atoms with E-state index in [1.54, 1.807) is 11.5 Å². The zero-order chi connectivity index (χ0) is 26.2. The van der Waals surface area contributed by atoms with E-state index >= 15 is 0 Å². The number of aliphatic hydroxyl groups is 1. The minimum Gasteiger partial charge on any atom is -0.486 e. The van der Waals surface area contributed by atoms with Crippen LogP contribution in [0.4, 0.5) is 0 Å². The summed E-state index contributed by atoms with van der Waals surface area (Å²) in [5.74, 6) is 1.18. The van der Waals surface area contributed by atoms with Gasteiger partial charge in [-0.1, -0.05) is 6.92 Å². The van der Waals surface area contributed by atoms with Crippen LogP contribution in [-0.4, -0.2) is 76.7 Å². The first-order valence-electron chi connectivity index (χ1n) is 13.6. The molecule has 0 spiro atoms. The van der Waals surface area contributed by atoms with Gasteiger partial charge >= 0.3 is 0 Å². The van der Waals surface area contributed by atoms with E-state index in [2.05, 4.69) is 16.8 Å². The highest BCUT2D eigenvalue weighted by Crippen LogP contribution is 2.43. The summed E-state index contributed by atoms with van der Waals surface area (Å²) in [5.41, 5.74) is 3.62. The summed E-state index contributed by atoms with van der Waals surface area (Å²) in [6, 6.07) is 5.82. The summed E-state index contributed by atoms with van der Waals surface area (Å²) >= 11 is 0. The molecule has 0 bridgehead atoms. The zero-order valence-electron chi connectivity index (χ0n) is 22.7. The van der Waals surface area contributed by atoms with Crippen molar-refractivity contribution in [1.29, 1.82) is 0 Å². The van der Waals surface area contributed by atoms with E-state index in [4.69, 9.17) is 14.5 Å². The Morgan fingerprint density at radius 1 is 0.975 bits per heavy atom. The maximum Gasteiger partial charge on any atom is 0.254 e. The fourth-order valence-electron chi connectivity index (χ4n) is 6.49. The molecule has 1 aliphatic carbocycles. The van der Waals surface area contributed by atoms with Crippen LogP contribution >= 0.6 is 24.8 Å². The Kier molecular flexibility index (Phi) is 7.65. The van der Waals surface area contributed by atoms with E-state index in [1.165, 1.54) is 0 Å². The number of hydrogen-bond acceptors (Lipinski definition) is 8. The van der Waals surface area contributed by atoms with Gasteiger partial charge in [0.25, 0.3) is 5.56 Å². The maximum atomic E-state index is 13.8. The van der Waals surface area contributed by atoms with Gasteiger partial charge in [0, 0.05) is 67.3 Å². The van der Waals surface area contributed by atoms with Crippen LogP contribution in [0.25, 0.3) is 22.3 Å². The topological polar surface area (TPSA) is 97.1 Å². The molecule has 3 aromatic rings. The molecule has 5 heterocycles. The van der Waals surface area contributed by atoms with E-state index in [9.17, 15) is 14.7 Å². The number of pyridine rings is 2. The lowest BCUT2D eigenvalue weighted by atomic mass is 9.77. The molecule has 3 aliphatic heterocycles. The molecule has 0 unspecified atom stereocenters. The summed E-state index contributed by atoms with van der Waals surface area (Å²) in [5, 5.41) is 12.4. The van der Waals surface area contributed by atoms with Crippen molar-refractivity contribution >= 4 is 41.5 Å². The minimum absolute atomic E-state index is 0. The lowest BCUT2D eigenvalue weighted by Crippen LogP contribution is -2.44. The van der Waals surface area contributed by atoms with Crippen LogP contribution in [0.3, 0.4) is 0 Å². The smallest absolute Gasteiger partial charge is 0.254 e. The average molecular weight is 590 g/mol. The van der Waals surface area contributed by atoms with Gasteiger partial charge in [-0.25, -0.2) is 4.98 Å². The first kappa shape index (κ1) is 28.8. The molecular formula is C29H34Cl2N4O5. The molecule has 4 aliphatic rings. The highest BCUT2D eigenvalue weighted by Gasteiger charge is 2.43. The Balaban J connectivity index is 0.00000161. The van der Waals surface area contributed by atoms with Crippen LogP contribution in [0, 0.1) is 0 Å². The second-order valence-electron chi connectivity index (χ2n) is 11.0. The summed E-state index contributed by atoms with van der Waals surface area (Å²) in [6.07, 6.45) is 0.774. The molecule has 2 aromatic heterocycles. The fourth-order valence-corrected chi connectivity index (χ4v) is 6.49. The summed E-state index contributed by atoms with van der Waals surface area (Å²) in [6.45, 7) is 7.91. The molecule has 0 saturated carbocycles. The van der Waals surface area contributed by atoms with Gasteiger partial charge < -0.3 is 24.0 Å². The number of likely N-dealkylation sites (N-methyl/N-ethyl adjacent to an activating group) is 1. The lowest BCUT2D eigenvalue weighted by molar-refractivity contribution is -0.140. The number of hydrogen-bond donors (Lipinski definition) is 1. The summed E-state index contributed by atoms with van der Waals surface area (Å²) in [7, 11) is 2.15. The number of ketones is 1. The van der Waals surface area contributed by atoms with Gasteiger partial charge in [0.2, 0.25) is 0 Å². The van der Waals surface area contributed by atoms with Gasteiger partial charge in [-0.3, -0.25) is 14.5 Å². The van der Waals surface area contributed by atoms with Crippen LogP contribution in [-0.2, 0) is 29.9 Å². The second-order valence-corrected chi connectivity index (χ2v) is 11.0. The SMILES string of the molecule is CC[C@@]1(O)C(=O)CCc2c1cc1n(c2=O)Cc2c-1nc1cc3c(cc1c2CN1CCN(C)CC1)OCCO3.Cl.Cl. The van der Waals surface area contributed by atoms with Crippen molar-refractivity contribution in [2.75, 3.05) is 46.4 Å². The molecule has 0 radical (unpaired) electrons. The number of fused-ring (bicyclic) bond motifs is 6. The van der Waals surface area contributed by atoms with Crippen LogP contribution in [0.2, 0.25) is 0 Å². The van der Waals surface area contributed by atoms with E-state index in [0.717, 1.165) is 66.2 Å². The third-order valence-electron chi connectivity index (χ3n) is 8.83. The predicted octanol–water partition coefficient (Wildman–Crippen LogP) is 2.90. The van der Waals surface area contributed by atoms with E-state index in [-0.39, 0.29) is 49.0 Å². The normalized spacial score (nSPS) is 21.7. The minimum atomic E-state index is -1.63. The molecule has 214 valence electrons. The van der Waals surface area contributed by atoms with Gasteiger partial charge in [0.1, 0.15) is 18.8 Å². The van der Waals surface area contributed by atoms with Crippen molar-refractivity contribution in [2.45, 2.75) is 44.9 Å². The quantitative estimate of drug-likeness (QED) is 0.390. The molecule has 1 N–H and O–H groups in total. The fraction of sp³-hybridized carbons (Fsp3) is 0.483. The van der Waals surface area contributed by atoms with E-state index in [0.29, 0.717) is 48.7 Å². The Morgan fingerprint density at radius 2 is 1.68 bits per heavy atom. The van der Waals surface area contributed by atoms with Crippen molar-refractivity contribution in [3.63, 3.8) is 0 Å². The standard InChI is InChI=1S/C29H32N4O5.2ClH/c1-3-29(36)21-13-23-27-20(16-33(23)28(35)17(21)4-5-26(29)34)19(15-32-8-6-31(2)7-9-32)18-12-24-25(14-22(18)30-27)38-11-10-37-24;;/h12-14,36H,3-11,15-16H2,1-2H3;2*1H/t29-;;/m0../s1. The van der Waals surface area contributed by atoms with Crippen LogP contribution in [0.5, 0.6) is 11.5 Å². The number of Topliss-reactive ketones (excluding diaryl/α,β-unsaturated/α-hetero) is 1. The van der Waals surface area contributed by atoms with Gasteiger partial charge in [-0.15, -0.1) is 24.8 Å². The number of halogens is 2. The first-order chi connectivity index (χ1) is 18.4. The number of piperazine rings is 1. The van der Waals surface area contributed by atoms with Gasteiger partial charge in [0.15, 0.2) is 17.3 Å². The maximum absolute atomic E-state index is 13.8. The Hall–Kier alpha value is -2.69. The van der Waals surface area contributed by atoms with Gasteiger partial charge in [-0.05, 0) is 37.6 Å². The highest BCUT2D eigenvalue weighted by atomic mass is 35.5. The van der Waals surface area contributed by atoms with Gasteiger partial charge in [-0.2, -0.15) is 0 Å². The molecule has 1 fully saturated rings. The van der Waals surface area contributed by atoms with E-state index in [1.807, 2.05) is 18.2 Å². The zero-order valence-corrected chi connectivity index (χ0v) is 24.3. The lowest BCUT2D eigenvalue weighted by Gasteiger charge is -2.33. The molecule has 1 aromatic carbocycles. The number of ether oxygens (including phenoxy) is 2. The molecule has 40 heavy (non-hydrogen) atoms. The van der Waals surface area contributed by atoms with Crippen molar-refractivity contribution in [3.05, 3.63) is 50.8 Å². The number of aromatic nitrogens is 2. The Bertz CT molecular complexity index is 1570. The van der Waals surface area contributed by atoms with Crippen molar-refractivity contribution in [2.24, 2.45) is 0 Å². The molecule has 1 atom stereocenters. The third kappa shape index (κ3) is 4.30. The number of benzene rings is 1. The Labute approximate surface area is 244 Å². The predicted molar refractivity (Wildman–Crippen MR) is 156 cm³/mol. The molecule has 1 saturated heterocycles. The van der Waals surface area contributed by atoms with Crippen LogP contribution in [0.1, 0.15) is 42.0 Å². The molecule has 7 rings (SSSR count). The molecule has 0 amide bonds. The molecule has 9 nitrogen and oxygen atoms in total. The highest BCUT2D eigenvalue weighted by molar-refractivity contribution is 5.93. The summed E-state index contributed by atoms with van der Waals surface area (Å²) in [4.78, 5) is 36.4. The monoisotopic (exact) mass is 588 g/mol. The van der Waals surface area contributed by atoms with Crippen molar-refractivity contribution < 1.29 is 19.4 Å². The van der Waals surface area contributed by atoms with Crippen molar-refractivity contribution in [3.8, 4) is 22.9 Å². The largest absolute Gasteiger partial charge is 0.486 e. The number of nitrogens with zero attached hydrogens (tertiary/aromatic N) is 4. The third-order valence-corrected chi connectivity index (χ3v) is 8.83. The molecule has 11 heteroatoms. The number of rotatable bonds is 3. The van der Waals surface area contributed by atoms with Crippen LogP contribution in [0.15, 0.2) is 23.0 Å². The number of carbonyl (C=O) groups excluding carboxylic acids is 1.